The average molecular weight is 318 g/mol. The first kappa shape index (κ1) is 14.8. The average Bonchev–Trinajstić information content (AvgIpc) is 3.04. The summed E-state index contributed by atoms with van der Waals surface area (Å²) >= 11 is 0. The van der Waals surface area contributed by atoms with Gasteiger partial charge >= 0.3 is 0 Å². The number of sulfonamides is 1. The molecule has 1 aromatic carbocycles. The highest BCUT2D eigenvalue weighted by molar-refractivity contribution is 7.92. The van der Waals surface area contributed by atoms with Crippen LogP contribution in [0.3, 0.4) is 0 Å². The standard InChI is InChI=1S/C15H18N4O2S/c1-12-10-16-15(17-11-12)18-22(20,21)14-6-4-13(5-7-14)19-8-2-3-9-19/h4-7,10-11H,2-3,8-9H2,1H3,(H,16,17,18). The molecule has 2 aromatic rings. The third-order valence-electron chi connectivity index (χ3n) is 3.62. The number of nitrogens with one attached hydrogen (secondary N) is 1. The van der Waals surface area contributed by atoms with E-state index in [1.165, 1.54) is 12.8 Å². The number of anilines is 2. The van der Waals surface area contributed by atoms with Crippen molar-refractivity contribution in [2.45, 2.75) is 24.7 Å². The summed E-state index contributed by atoms with van der Waals surface area (Å²) in [5.41, 5.74) is 1.93. The summed E-state index contributed by atoms with van der Waals surface area (Å²) in [5.74, 6) is 0.0780. The van der Waals surface area contributed by atoms with E-state index in [4.69, 9.17) is 0 Å². The maximum atomic E-state index is 12.3. The van der Waals surface area contributed by atoms with E-state index in [9.17, 15) is 8.42 Å². The van der Waals surface area contributed by atoms with Gasteiger partial charge < -0.3 is 4.90 Å². The molecule has 3 rings (SSSR count). The predicted molar refractivity (Wildman–Crippen MR) is 85.5 cm³/mol. The molecule has 0 atom stereocenters. The molecule has 1 N–H and O–H groups in total. The molecule has 0 amide bonds. The smallest absolute Gasteiger partial charge is 0.264 e. The van der Waals surface area contributed by atoms with Crippen molar-refractivity contribution in [1.29, 1.82) is 0 Å². The molecule has 1 aliphatic heterocycles. The second-order valence-electron chi connectivity index (χ2n) is 5.38. The van der Waals surface area contributed by atoms with Crippen molar-refractivity contribution in [2.75, 3.05) is 22.7 Å². The minimum absolute atomic E-state index is 0.0780. The van der Waals surface area contributed by atoms with Gasteiger partial charge in [0.1, 0.15) is 0 Å². The van der Waals surface area contributed by atoms with E-state index < -0.39 is 10.0 Å². The molecular weight excluding hydrogens is 300 g/mol. The lowest BCUT2D eigenvalue weighted by molar-refractivity contribution is 0.601. The monoisotopic (exact) mass is 318 g/mol. The van der Waals surface area contributed by atoms with Gasteiger partial charge in [-0.2, -0.15) is 0 Å². The van der Waals surface area contributed by atoms with Crippen molar-refractivity contribution >= 4 is 21.7 Å². The Morgan fingerprint density at radius 3 is 2.23 bits per heavy atom. The quantitative estimate of drug-likeness (QED) is 0.935. The Morgan fingerprint density at radius 1 is 1.05 bits per heavy atom. The fourth-order valence-corrected chi connectivity index (χ4v) is 3.39. The fourth-order valence-electron chi connectivity index (χ4n) is 2.44. The molecule has 1 saturated heterocycles. The molecule has 7 heteroatoms. The van der Waals surface area contributed by atoms with Crippen LogP contribution < -0.4 is 9.62 Å². The van der Waals surface area contributed by atoms with E-state index in [0.717, 1.165) is 24.3 Å². The third-order valence-corrected chi connectivity index (χ3v) is 4.97. The second-order valence-corrected chi connectivity index (χ2v) is 7.06. The molecule has 0 bridgehead atoms. The first-order chi connectivity index (χ1) is 10.5. The van der Waals surface area contributed by atoms with Gasteiger partial charge in [0.2, 0.25) is 5.95 Å². The lowest BCUT2D eigenvalue weighted by Crippen LogP contribution is -2.18. The Kier molecular flexibility index (Phi) is 3.98. The number of benzene rings is 1. The van der Waals surface area contributed by atoms with Crippen molar-refractivity contribution in [3.8, 4) is 0 Å². The van der Waals surface area contributed by atoms with Crippen LogP contribution in [0.4, 0.5) is 11.6 Å². The van der Waals surface area contributed by atoms with E-state index in [0.29, 0.717) is 0 Å². The van der Waals surface area contributed by atoms with Crippen LogP contribution in [0.2, 0.25) is 0 Å². The molecule has 1 aromatic heterocycles. The topological polar surface area (TPSA) is 75.2 Å². The SMILES string of the molecule is Cc1cnc(NS(=O)(=O)c2ccc(N3CCCC3)cc2)nc1. The van der Waals surface area contributed by atoms with Crippen LogP contribution in [0.1, 0.15) is 18.4 Å². The fraction of sp³-hybridized carbons (Fsp3) is 0.333. The van der Waals surface area contributed by atoms with Gasteiger partial charge in [0.15, 0.2) is 0 Å². The largest absolute Gasteiger partial charge is 0.372 e. The van der Waals surface area contributed by atoms with Crippen LogP contribution in [0.25, 0.3) is 0 Å². The molecule has 2 heterocycles. The molecule has 22 heavy (non-hydrogen) atoms. The highest BCUT2D eigenvalue weighted by atomic mass is 32.2. The second kappa shape index (κ2) is 5.92. The van der Waals surface area contributed by atoms with Crippen molar-refractivity contribution in [3.05, 3.63) is 42.2 Å². The number of aryl methyl sites for hydroxylation is 1. The van der Waals surface area contributed by atoms with E-state index in [1.807, 2.05) is 19.1 Å². The molecule has 0 radical (unpaired) electrons. The van der Waals surface area contributed by atoms with Crippen LogP contribution >= 0.6 is 0 Å². The van der Waals surface area contributed by atoms with Crippen molar-refractivity contribution < 1.29 is 8.42 Å². The number of aromatic nitrogens is 2. The third kappa shape index (κ3) is 3.19. The van der Waals surface area contributed by atoms with E-state index in [2.05, 4.69) is 19.6 Å². The summed E-state index contributed by atoms with van der Waals surface area (Å²) in [7, 11) is -3.66. The van der Waals surface area contributed by atoms with Crippen LogP contribution in [0.15, 0.2) is 41.6 Å². The van der Waals surface area contributed by atoms with Crippen LogP contribution in [0, 0.1) is 6.92 Å². The summed E-state index contributed by atoms with van der Waals surface area (Å²) < 4.78 is 27.0. The number of nitrogens with zero attached hydrogens (tertiary/aromatic N) is 3. The molecule has 0 saturated carbocycles. The van der Waals surface area contributed by atoms with Crippen molar-refractivity contribution in [1.82, 2.24) is 9.97 Å². The Morgan fingerprint density at radius 2 is 1.64 bits per heavy atom. The Labute approximate surface area is 130 Å². The zero-order chi connectivity index (χ0) is 15.6. The Balaban J connectivity index is 1.78. The molecule has 1 fully saturated rings. The highest BCUT2D eigenvalue weighted by Gasteiger charge is 2.17. The van der Waals surface area contributed by atoms with Gasteiger partial charge in [0, 0.05) is 31.2 Å². The van der Waals surface area contributed by atoms with Crippen molar-refractivity contribution in [2.24, 2.45) is 0 Å². The number of rotatable bonds is 4. The number of hydrogen-bond acceptors (Lipinski definition) is 5. The predicted octanol–water partition coefficient (Wildman–Crippen LogP) is 2.19. The van der Waals surface area contributed by atoms with Gasteiger partial charge in [0.25, 0.3) is 10.0 Å². The Hall–Kier alpha value is -2.15. The van der Waals surface area contributed by atoms with Gasteiger partial charge in [0.05, 0.1) is 4.90 Å². The lowest BCUT2D eigenvalue weighted by atomic mass is 10.3. The molecule has 0 unspecified atom stereocenters. The first-order valence-electron chi connectivity index (χ1n) is 7.21. The van der Waals surface area contributed by atoms with Crippen LogP contribution in [-0.2, 0) is 10.0 Å². The lowest BCUT2D eigenvalue weighted by Gasteiger charge is -2.17. The maximum Gasteiger partial charge on any atom is 0.264 e. The molecule has 6 nitrogen and oxygen atoms in total. The zero-order valence-electron chi connectivity index (χ0n) is 12.4. The molecule has 116 valence electrons. The van der Waals surface area contributed by atoms with E-state index in [1.54, 1.807) is 24.5 Å². The highest BCUT2D eigenvalue weighted by Crippen LogP contribution is 2.22. The molecule has 0 aliphatic carbocycles. The minimum atomic E-state index is -3.66. The van der Waals surface area contributed by atoms with Crippen molar-refractivity contribution in [3.63, 3.8) is 0 Å². The summed E-state index contributed by atoms with van der Waals surface area (Å²) in [5, 5.41) is 0. The summed E-state index contributed by atoms with van der Waals surface area (Å²) in [6.07, 6.45) is 5.52. The number of hydrogen-bond donors (Lipinski definition) is 1. The van der Waals surface area contributed by atoms with E-state index in [-0.39, 0.29) is 10.8 Å². The Bertz CT molecular complexity index is 736. The molecule has 1 aliphatic rings. The maximum absolute atomic E-state index is 12.3. The van der Waals surface area contributed by atoms with Gasteiger partial charge in [-0.1, -0.05) is 0 Å². The van der Waals surface area contributed by atoms with Crippen LogP contribution in [0.5, 0.6) is 0 Å². The van der Waals surface area contributed by atoms with Crippen LogP contribution in [-0.4, -0.2) is 31.5 Å². The first-order valence-corrected chi connectivity index (χ1v) is 8.69. The van der Waals surface area contributed by atoms with E-state index >= 15 is 0 Å². The summed E-state index contributed by atoms with van der Waals surface area (Å²) in [4.78, 5) is 10.4. The molecular formula is C15H18N4O2S. The zero-order valence-corrected chi connectivity index (χ0v) is 13.2. The van der Waals surface area contributed by atoms with Gasteiger partial charge in [-0.25, -0.2) is 23.1 Å². The van der Waals surface area contributed by atoms with Gasteiger partial charge in [-0.05, 0) is 49.6 Å². The van der Waals surface area contributed by atoms with Gasteiger partial charge in [-0.15, -0.1) is 0 Å². The summed E-state index contributed by atoms with van der Waals surface area (Å²) in [6.45, 7) is 3.90. The van der Waals surface area contributed by atoms with Gasteiger partial charge in [-0.3, -0.25) is 0 Å². The molecule has 0 spiro atoms. The normalized spacial score (nSPS) is 15.0. The summed E-state index contributed by atoms with van der Waals surface area (Å²) in [6, 6.07) is 6.92. The minimum Gasteiger partial charge on any atom is -0.372 e.